The monoisotopic (exact) mass is 271 g/mol. The highest BCUT2D eigenvalue weighted by molar-refractivity contribution is 6.31. The maximum atomic E-state index is 10.1. The highest BCUT2D eigenvalue weighted by Gasteiger charge is 2.19. The van der Waals surface area contributed by atoms with Crippen molar-refractivity contribution < 1.29 is 9.84 Å². The standard InChI is InChI=1S/C14H22ClNO2/c1-11-4-5-12(13(15)8-11)9-16-10-14(2,17)6-7-18-3/h4-5,8,16-17H,6-7,9-10H2,1-3H3. The number of hydrogen-bond acceptors (Lipinski definition) is 3. The van der Waals surface area contributed by atoms with Crippen molar-refractivity contribution in [2.75, 3.05) is 20.3 Å². The molecule has 3 nitrogen and oxygen atoms in total. The molecule has 0 radical (unpaired) electrons. The minimum Gasteiger partial charge on any atom is -0.389 e. The molecule has 1 unspecified atom stereocenters. The molecule has 1 atom stereocenters. The van der Waals surface area contributed by atoms with E-state index in [0.29, 0.717) is 26.1 Å². The smallest absolute Gasteiger partial charge is 0.0765 e. The molecule has 18 heavy (non-hydrogen) atoms. The van der Waals surface area contributed by atoms with Crippen LogP contribution in [0.5, 0.6) is 0 Å². The molecule has 0 saturated heterocycles. The second-order valence-electron chi connectivity index (χ2n) is 4.94. The first kappa shape index (κ1) is 15.4. The summed E-state index contributed by atoms with van der Waals surface area (Å²) in [7, 11) is 1.63. The molecular formula is C14H22ClNO2. The molecule has 1 aromatic rings. The third-order valence-electron chi connectivity index (χ3n) is 2.87. The number of nitrogens with one attached hydrogen (secondary N) is 1. The first-order chi connectivity index (χ1) is 8.44. The Bertz CT molecular complexity index is 380. The molecule has 0 amide bonds. The number of ether oxygens (including phenoxy) is 1. The Morgan fingerprint density at radius 2 is 2.17 bits per heavy atom. The molecule has 0 aliphatic rings. The minimum absolute atomic E-state index is 0.514. The topological polar surface area (TPSA) is 41.5 Å². The number of benzene rings is 1. The average molecular weight is 272 g/mol. The lowest BCUT2D eigenvalue weighted by atomic mass is 10.0. The molecule has 0 saturated carbocycles. The third kappa shape index (κ3) is 5.36. The lowest BCUT2D eigenvalue weighted by molar-refractivity contribution is 0.0247. The van der Waals surface area contributed by atoms with Crippen LogP contribution < -0.4 is 5.32 Å². The minimum atomic E-state index is -0.757. The summed E-state index contributed by atoms with van der Waals surface area (Å²) in [6.07, 6.45) is 0.609. The molecule has 0 bridgehead atoms. The second-order valence-corrected chi connectivity index (χ2v) is 5.35. The molecule has 0 aliphatic heterocycles. The molecule has 0 aromatic heterocycles. The number of methoxy groups -OCH3 is 1. The molecule has 4 heteroatoms. The van der Waals surface area contributed by atoms with Gasteiger partial charge in [0.15, 0.2) is 0 Å². The normalized spacial score (nSPS) is 14.5. The van der Waals surface area contributed by atoms with Gasteiger partial charge >= 0.3 is 0 Å². The number of aryl methyl sites for hydroxylation is 1. The summed E-state index contributed by atoms with van der Waals surface area (Å²) in [6, 6.07) is 5.99. The maximum Gasteiger partial charge on any atom is 0.0765 e. The fraction of sp³-hybridized carbons (Fsp3) is 0.571. The molecule has 1 aromatic carbocycles. The van der Waals surface area contributed by atoms with Crippen molar-refractivity contribution in [2.24, 2.45) is 0 Å². The van der Waals surface area contributed by atoms with Crippen LogP contribution in [-0.4, -0.2) is 31.0 Å². The van der Waals surface area contributed by atoms with Gasteiger partial charge in [0.25, 0.3) is 0 Å². The fourth-order valence-corrected chi connectivity index (χ4v) is 1.97. The quantitative estimate of drug-likeness (QED) is 0.801. The molecule has 0 fully saturated rings. The average Bonchev–Trinajstić information content (AvgIpc) is 2.29. The van der Waals surface area contributed by atoms with Crippen LogP contribution in [0.25, 0.3) is 0 Å². The van der Waals surface area contributed by atoms with Crippen LogP contribution in [0.15, 0.2) is 18.2 Å². The molecule has 102 valence electrons. The van der Waals surface area contributed by atoms with E-state index in [1.807, 2.05) is 25.1 Å². The van der Waals surface area contributed by atoms with Gasteiger partial charge in [-0.25, -0.2) is 0 Å². The number of aliphatic hydroxyl groups is 1. The zero-order chi connectivity index (χ0) is 13.6. The van der Waals surface area contributed by atoms with Gasteiger partial charge in [-0.2, -0.15) is 0 Å². The van der Waals surface area contributed by atoms with E-state index in [4.69, 9.17) is 16.3 Å². The van der Waals surface area contributed by atoms with Crippen molar-refractivity contribution in [3.63, 3.8) is 0 Å². The van der Waals surface area contributed by atoms with Crippen LogP contribution in [0.1, 0.15) is 24.5 Å². The zero-order valence-corrected chi connectivity index (χ0v) is 12.0. The summed E-state index contributed by atoms with van der Waals surface area (Å²) in [5, 5.41) is 14.0. The van der Waals surface area contributed by atoms with E-state index in [9.17, 15) is 5.11 Å². The van der Waals surface area contributed by atoms with Crippen molar-refractivity contribution in [3.05, 3.63) is 34.3 Å². The van der Waals surface area contributed by atoms with Crippen LogP contribution in [0.3, 0.4) is 0 Å². The van der Waals surface area contributed by atoms with Crippen molar-refractivity contribution >= 4 is 11.6 Å². The summed E-state index contributed by atoms with van der Waals surface area (Å²) in [4.78, 5) is 0. The maximum absolute atomic E-state index is 10.1. The van der Waals surface area contributed by atoms with Gasteiger partial charge in [0.2, 0.25) is 0 Å². The van der Waals surface area contributed by atoms with Crippen molar-refractivity contribution in [2.45, 2.75) is 32.4 Å². The molecule has 2 N–H and O–H groups in total. The van der Waals surface area contributed by atoms with Crippen LogP contribution in [0.2, 0.25) is 5.02 Å². The van der Waals surface area contributed by atoms with Crippen LogP contribution in [-0.2, 0) is 11.3 Å². The van der Waals surface area contributed by atoms with E-state index in [0.717, 1.165) is 16.1 Å². The predicted octanol–water partition coefficient (Wildman–Crippen LogP) is 2.53. The van der Waals surface area contributed by atoms with E-state index < -0.39 is 5.60 Å². The van der Waals surface area contributed by atoms with E-state index >= 15 is 0 Å². The Morgan fingerprint density at radius 1 is 1.44 bits per heavy atom. The summed E-state index contributed by atoms with van der Waals surface area (Å²) in [6.45, 7) is 5.54. The molecule has 0 heterocycles. The van der Waals surface area contributed by atoms with Crippen LogP contribution in [0.4, 0.5) is 0 Å². The summed E-state index contributed by atoms with van der Waals surface area (Å²) >= 11 is 6.14. The van der Waals surface area contributed by atoms with E-state index in [1.54, 1.807) is 14.0 Å². The zero-order valence-electron chi connectivity index (χ0n) is 11.3. The lowest BCUT2D eigenvalue weighted by Crippen LogP contribution is -2.38. The summed E-state index contributed by atoms with van der Waals surface area (Å²) in [5.41, 5.74) is 1.44. The molecular weight excluding hydrogens is 250 g/mol. The van der Waals surface area contributed by atoms with Gasteiger partial charge in [0.05, 0.1) is 5.60 Å². The molecule has 0 aliphatic carbocycles. The van der Waals surface area contributed by atoms with Crippen molar-refractivity contribution in [3.8, 4) is 0 Å². The third-order valence-corrected chi connectivity index (χ3v) is 3.23. The van der Waals surface area contributed by atoms with Gasteiger partial charge in [-0.3, -0.25) is 0 Å². The fourth-order valence-electron chi connectivity index (χ4n) is 1.67. The first-order valence-corrected chi connectivity index (χ1v) is 6.49. The SMILES string of the molecule is COCCC(C)(O)CNCc1ccc(C)cc1Cl. The van der Waals surface area contributed by atoms with Crippen LogP contribution >= 0.6 is 11.6 Å². The highest BCUT2D eigenvalue weighted by atomic mass is 35.5. The van der Waals surface area contributed by atoms with Crippen molar-refractivity contribution in [1.29, 1.82) is 0 Å². The summed E-state index contributed by atoms with van der Waals surface area (Å²) in [5.74, 6) is 0. The lowest BCUT2D eigenvalue weighted by Gasteiger charge is -2.23. The van der Waals surface area contributed by atoms with Gasteiger partial charge in [0, 0.05) is 38.2 Å². The Labute approximate surface area is 114 Å². The molecule has 1 rings (SSSR count). The number of hydrogen-bond donors (Lipinski definition) is 2. The largest absolute Gasteiger partial charge is 0.389 e. The van der Waals surface area contributed by atoms with Gasteiger partial charge in [-0.05, 0) is 31.0 Å². The van der Waals surface area contributed by atoms with Gasteiger partial charge < -0.3 is 15.2 Å². The van der Waals surface area contributed by atoms with Gasteiger partial charge in [-0.15, -0.1) is 0 Å². The number of rotatable bonds is 7. The van der Waals surface area contributed by atoms with Gasteiger partial charge in [-0.1, -0.05) is 23.7 Å². The van der Waals surface area contributed by atoms with Crippen LogP contribution in [0, 0.1) is 6.92 Å². The summed E-state index contributed by atoms with van der Waals surface area (Å²) < 4.78 is 4.97. The Morgan fingerprint density at radius 3 is 2.78 bits per heavy atom. The van der Waals surface area contributed by atoms with E-state index in [-0.39, 0.29) is 0 Å². The first-order valence-electron chi connectivity index (χ1n) is 6.12. The second kappa shape index (κ2) is 7.10. The van der Waals surface area contributed by atoms with Crippen molar-refractivity contribution in [1.82, 2.24) is 5.32 Å². The highest BCUT2D eigenvalue weighted by Crippen LogP contribution is 2.17. The number of halogens is 1. The van der Waals surface area contributed by atoms with Gasteiger partial charge in [0.1, 0.15) is 0 Å². The van der Waals surface area contributed by atoms with E-state index in [1.165, 1.54) is 0 Å². The van der Waals surface area contributed by atoms with E-state index in [2.05, 4.69) is 5.32 Å². The Kier molecular flexibility index (Phi) is 6.09. The molecule has 0 spiro atoms. The Balaban J connectivity index is 2.41. The predicted molar refractivity (Wildman–Crippen MR) is 75.0 cm³/mol. The Hall–Kier alpha value is -0.610.